The molecular formula is C12H15NO3. The number of carbonyl (C=O) groups excluding carboxylic acids is 1. The molecule has 16 heavy (non-hydrogen) atoms. The summed E-state index contributed by atoms with van der Waals surface area (Å²) in [5.41, 5.74) is 0.660. The van der Waals surface area contributed by atoms with E-state index in [1.807, 2.05) is 0 Å². The Morgan fingerprint density at radius 1 is 1.38 bits per heavy atom. The summed E-state index contributed by atoms with van der Waals surface area (Å²) in [6, 6.07) is 5.27. The van der Waals surface area contributed by atoms with E-state index >= 15 is 0 Å². The van der Waals surface area contributed by atoms with E-state index in [-0.39, 0.29) is 12.6 Å². The van der Waals surface area contributed by atoms with Crippen molar-refractivity contribution in [1.29, 1.82) is 0 Å². The van der Waals surface area contributed by atoms with Gasteiger partial charge in [0.15, 0.2) is 17.3 Å². The molecule has 0 spiro atoms. The van der Waals surface area contributed by atoms with E-state index in [9.17, 15) is 4.79 Å². The average molecular weight is 221 g/mol. The largest absolute Gasteiger partial charge is 0.454 e. The Hall–Kier alpha value is -1.55. The van der Waals surface area contributed by atoms with Gasteiger partial charge in [-0.05, 0) is 31.2 Å². The van der Waals surface area contributed by atoms with Crippen LogP contribution < -0.4 is 14.8 Å². The van der Waals surface area contributed by atoms with Gasteiger partial charge in [0, 0.05) is 5.56 Å². The van der Waals surface area contributed by atoms with Crippen molar-refractivity contribution < 1.29 is 14.3 Å². The summed E-state index contributed by atoms with van der Waals surface area (Å²) in [5, 5.41) is 3.08. The second-order valence-electron chi connectivity index (χ2n) is 3.67. The monoisotopic (exact) mass is 221 g/mol. The molecule has 0 bridgehead atoms. The van der Waals surface area contributed by atoms with E-state index < -0.39 is 0 Å². The molecule has 1 aromatic rings. The van der Waals surface area contributed by atoms with E-state index in [1.54, 1.807) is 18.2 Å². The molecule has 1 aliphatic heterocycles. The number of ether oxygens (including phenoxy) is 2. The van der Waals surface area contributed by atoms with Crippen LogP contribution in [-0.2, 0) is 0 Å². The molecule has 0 fully saturated rings. The fraction of sp³-hybridized carbons (Fsp3) is 0.417. The van der Waals surface area contributed by atoms with E-state index in [0.29, 0.717) is 23.6 Å². The number of hydrogen-bond donors (Lipinski definition) is 1. The van der Waals surface area contributed by atoms with Crippen LogP contribution >= 0.6 is 0 Å². The lowest BCUT2D eigenvalue weighted by molar-refractivity contribution is 0.0991. The molecule has 1 heterocycles. The van der Waals surface area contributed by atoms with Gasteiger partial charge in [0.25, 0.3) is 0 Å². The molecule has 86 valence electrons. The molecule has 1 N–H and O–H groups in total. The smallest absolute Gasteiger partial charge is 0.231 e. The highest BCUT2D eigenvalue weighted by Crippen LogP contribution is 2.32. The van der Waals surface area contributed by atoms with Crippen molar-refractivity contribution in [3.05, 3.63) is 23.8 Å². The van der Waals surface area contributed by atoms with Gasteiger partial charge >= 0.3 is 0 Å². The number of benzene rings is 1. The lowest BCUT2D eigenvalue weighted by Gasteiger charge is -2.03. The highest BCUT2D eigenvalue weighted by Gasteiger charge is 2.15. The minimum atomic E-state index is 0.0757. The third-order valence-corrected chi connectivity index (χ3v) is 2.41. The molecule has 4 nitrogen and oxygen atoms in total. The first-order chi connectivity index (χ1) is 7.81. The SMILES string of the molecule is CCCNCC(=O)c1ccc2c(c1)OCO2. The number of rotatable bonds is 5. The van der Waals surface area contributed by atoms with E-state index in [2.05, 4.69) is 12.2 Å². The third-order valence-electron chi connectivity index (χ3n) is 2.41. The van der Waals surface area contributed by atoms with E-state index in [4.69, 9.17) is 9.47 Å². The molecule has 1 aromatic carbocycles. The molecule has 1 aliphatic rings. The van der Waals surface area contributed by atoms with Crippen LogP contribution in [0.5, 0.6) is 11.5 Å². The molecule has 4 heteroatoms. The number of ketones is 1. The van der Waals surface area contributed by atoms with Crippen molar-refractivity contribution in [1.82, 2.24) is 5.32 Å². The fourth-order valence-corrected chi connectivity index (χ4v) is 1.55. The van der Waals surface area contributed by atoms with Gasteiger partial charge in [-0.25, -0.2) is 0 Å². The van der Waals surface area contributed by atoms with Crippen LogP contribution in [-0.4, -0.2) is 25.7 Å². The summed E-state index contributed by atoms with van der Waals surface area (Å²) >= 11 is 0. The highest BCUT2D eigenvalue weighted by atomic mass is 16.7. The Morgan fingerprint density at radius 3 is 3.00 bits per heavy atom. The first kappa shape index (κ1) is 11.0. The summed E-state index contributed by atoms with van der Waals surface area (Å²) < 4.78 is 10.4. The van der Waals surface area contributed by atoms with Crippen molar-refractivity contribution in [3.8, 4) is 11.5 Å². The predicted octanol–water partition coefficient (Wildman–Crippen LogP) is 1.60. The Balaban J connectivity index is 2.01. The standard InChI is InChI=1S/C12H15NO3/c1-2-5-13-7-10(14)9-3-4-11-12(6-9)16-8-15-11/h3-4,6,13H,2,5,7-8H2,1H3. The van der Waals surface area contributed by atoms with Crippen molar-refractivity contribution in [2.75, 3.05) is 19.9 Å². The highest BCUT2D eigenvalue weighted by molar-refractivity contribution is 5.98. The molecule has 0 saturated heterocycles. The number of Topliss-reactive ketones (excluding diaryl/α,β-unsaturated/α-hetero) is 1. The van der Waals surface area contributed by atoms with Crippen LogP contribution in [0.2, 0.25) is 0 Å². The van der Waals surface area contributed by atoms with Gasteiger partial charge in [-0.1, -0.05) is 6.92 Å². The van der Waals surface area contributed by atoms with Crippen molar-refractivity contribution in [3.63, 3.8) is 0 Å². The maximum atomic E-state index is 11.8. The fourth-order valence-electron chi connectivity index (χ4n) is 1.55. The maximum absolute atomic E-state index is 11.8. The topological polar surface area (TPSA) is 47.6 Å². The second kappa shape index (κ2) is 4.99. The first-order valence-electron chi connectivity index (χ1n) is 5.45. The minimum Gasteiger partial charge on any atom is -0.454 e. The van der Waals surface area contributed by atoms with Crippen LogP contribution in [0.15, 0.2) is 18.2 Å². The number of fused-ring (bicyclic) bond motifs is 1. The predicted molar refractivity (Wildman–Crippen MR) is 60.1 cm³/mol. The van der Waals surface area contributed by atoms with Crippen molar-refractivity contribution in [2.45, 2.75) is 13.3 Å². The van der Waals surface area contributed by atoms with Crippen LogP contribution in [0.1, 0.15) is 23.7 Å². The molecule has 0 aliphatic carbocycles. The van der Waals surface area contributed by atoms with Crippen molar-refractivity contribution in [2.24, 2.45) is 0 Å². The van der Waals surface area contributed by atoms with Gasteiger partial charge in [-0.3, -0.25) is 4.79 Å². The molecule has 0 amide bonds. The van der Waals surface area contributed by atoms with Crippen LogP contribution in [0.4, 0.5) is 0 Å². The Kier molecular flexibility index (Phi) is 3.41. The lowest BCUT2D eigenvalue weighted by Crippen LogP contribution is -2.23. The molecule has 0 radical (unpaired) electrons. The summed E-state index contributed by atoms with van der Waals surface area (Å²) in [5.74, 6) is 1.44. The zero-order valence-corrected chi connectivity index (χ0v) is 9.29. The zero-order valence-electron chi connectivity index (χ0n) is 9.29. The number of nitrogens with one attached hydrogen (secondary N) is 1. The molecular weight excluding hydrogens is 206 g/mol. The zero-order chi connectivity index (χ0) is 11.4. The quantitative estimate of drug-likeness (QED) is 0.606. The van der Waals surface area contributed by atoms with Gasteiger partial charge in [0.2, 0.25) is 6.79 Å². The molecule has 0 aromatic heterocycles. The van der Waals surface area contributed by atoms with Crippen molar-refractivity contribution >= 4 is 5.78 Å². The normalized spacial score (nSPS) is 12.8. The minimum absolute atomic E-state index is 0.0757. The second-order valence-corrected chi connectivity index (χ2v) is 3.67. The maximum Gasteiger partial charge on any atom is 0.231 e. The summed E-state index contributed by atoms with van der Waals surface area (Å²) in [6.07, 6.45) is 1.02. The van der Waals surface area contributed by atoms with Crippen LogP contribution in [0.25, 0.3) is 0 Å². The molecule has 0 unspecified atom stereocenters. The van der Waals surface area contributed by atoms with Gasteiger partial charge < -0.3 is 14.8 Å². The molecule has 0 atom stereocenters. The van der Waals surface area contributed by atoms with Gasteiger partial charge in [0.05, 0.1) is 6.54 Å². The van der Waals surface area contributed by atoms with Gasteiger partial charge in [-0.2, -0.15) is 0 Å². The van der Waals surface area contributed by atoms with Gasteiger partial charge in [0.1, 0.15) is 0 Å². The number of carbonyl (C=O) groups is 1. The molecule has 0 saturated carbocycles. The summed E-state index contributed by atoms with van der Waals surface area (Å²) in [4.78, 5) is 11.8. The lowest BCUT2D eigenvalue weighted by atomic mass is 10.1. The van der Waals surface area contributed by atoms with Crippen LogP contribution in [0, 0.1) is 0 Å². The average Bonchev–Trinajstić information content (AvgIpc) is 2.76. The Bertz CT molecular complexity index is 390. The number of hydrogen-bond acceptors (Lipinski definition) is 4. The third kappa shape index (κ3) is 2.33. The van der Waals surface area contributed by atoms with E-state index in [0.717, 1.165) is 13.0 Å². The molecule has 2 rings (SSSR count). The van der Waals surface area contributed by atoms with Gasteiger partial charge in [-0.15, -0.1) is 0 Å². The Labute approximate surface area is 94.6 Å². The first-order valence-corrected chi connectivity index (χ1v) is 5.45. The summed E-state index contributed by atoms with van der Waals surface area (Å²) in [7, 11) is 0. The van der Waals surface area contributed by atoms with Crippen LogP contribution in [0.3, 0.4) is 0 Å². The van der Waals surface area contributed by atoms with E-state index in [1.165, 1.54) is 0 Å². The summed E-state index contributed by atoms with van der Waals surface area (Å²) in [6.45, 7) is 3.53. The Morgan fingerprint density at radius 2 is 2.19 bits per heavy atom.